The summed E-state index contributed by atoms with van der Waals surface area (Å²) >= 11 is 5.00. The quantitative estimate of drug-likeness (QED) is 0.713. The normalized spacial score (nSPS) is 11.2. The molecule has 1 aromatic carbocycles. The second-order valence-corrected chi connectivity index (χ2v) is 6.79. The van der Waals surface area contributed by atoms with E-state index < -0.39 is 0 Å². The summed E-state index contributed by atoms with van der Waals surface area (Å²) in [7, 11) is 0. The summed E-state index contributed by atoms with van der Waals surface area (Å²) in [4.78, 5) is 22.4. The van der Waals surface area contributed by atoms with E-state index in [1.165, 1.54) is 4.88 Å². The SMILES string of the molecule is Cc1nc(Cn2cnc3cc(Br)ccc3c2=O)sc1C. The molecule has 0 radical (unpaired) electrons. The number of fused-ring (bicyclic) bond motifs is 1. The van der Waals surface area contributed by atoms with Gasteiger partial charge in [-0.3, -0.25) is 9.36 Å². The van der Waals surface area contributed by atoms with Crippen molar-refractivity contribution in [3.8, 4) is 0 Å². The van der Waals surface area contributed by atoms with Crippen molar-refractivity contribution >= 4 is 38.2 Å². The standard InChI is InChI=1S/C14H12BrN3OS/c1-8-9(2)20-13(17-8)6-18-7-16-12-5-10(15)3-4-11(12)14(18)19/h3-5,7H,6H2,1-2H3. The van der Waals surface area contributed by atoms with Gasteiger partial charge in [0.05, 0.1) is 29.5 Å². The second-order valence-electron chi connectivity index (χ2n) is 4.59. The average molecular weight is 350 g/mol. The number of hydrogen-bond acceptors (Lipinski definition) is 4. The van der Waals surface area contributed by atoms with Gasteiger partial charge in [0, 0.05) is 9.35 Å². The Morgan fingerprint density at radius 3 is 2.85 bits per heavy atom. The van der Waals surface area contributed by atoms with Crippen LogP contribution in [0.3, 0.4) is 0 Å². The Morgan fingerprint density at radius 2 is 2.15 bits per heavy atom. The van der Waals surface area contributed by atoms with Crippen molar-refractivity contribution in [1.82, 2.24) is 14.5 Å². The third kappa shape index (κ3) is 2.41. The van der Waals surface area contributed by atoms with Crippen molar-refractivity contribution in [2.45, 2.75) is 20.4 Å². The molecule has 0 amide bonds. The molecule has 0 unspecified atom stereocenters. The molecule has 0 fully saturated rings. The lowest BCUT2D eigenvalue weighted by atomic mass is 10.2. The van der Waals surface area contributed by atoms with Crippen molar-refractivity contribution < 1.29 is 0 Å². The van der Waals surface area contributed by atoms with Crippen LogP contribution in [0.25, 0.3) is 10.9 Å². The molecule has 3 aromatic rings. The van der Waals surface area contributed by atoms with Crippen molar-refractivity contribution in [2.24, 2.45) is 0 Å². The van der Waals surface area contributed by atoms with Crippen molar-refractivity contribution in [1.29, 1.82) is 0 Å². The first-order valence-corrected chi connectivity index (χ1v) is 7.73. The Hall–Kier alpha value is -1.53. The predicted molar refractivity (Wildman–Crippen MR) is 84.4 cm³/mol. The number of aryl methyl sites for hydroxylation is 2. The van der Waals surface area contributed by atoms with Crippen LogP contribution in [-0.2, 0) is 6.54 Å². The first-order chi connectivity index (χ1) is 9.54. The van der Waals surface area contributed by atoms with E-state index in [0.29, 0.717) is 17.4 Å². The zero-order chi connectivity index (χ0) is 14.3. The highest BCUT2D eigenvalue weighted by atomic mass is 79.9. The molecule has 0 aliphatic carbocycles. The average Bonchev–Trinajstić information content (AvgIpc) is 2.72. The molecule has 0 aliphatic rings. The topological polar surface area (TPSA) is 47.8 Å². The van der Waals surface area contributed by atoms with Crippen LogP contribution >= 0.6 is 27.3 Å². The molecular weight excluding hydrogens is 338 g/mol. The van der Waals surface area contributed by atoms with Crippen LogP contribution in [0, 0.1) is 13.8 Å². The molecule has 102 valence electrons. The van der Waals surface area contributed by atoms with E-state index in [2.05, 4.69) is 25.9 Å². The Balaban J connectivity index is 2.06. The van der Waals surface area contributed by atoms with E-state index in [1.54, 1.807) is 28.3 Å². The largest absolute Gasteiger partial charge is 0.292 e. The number of nitrogens with zero attached hydrogens (tertiary/aromatic N) is 3. The smallest absolute Gasteiger partial charge is 0.261 e. The molecule has 2 aromatic heterocycles. The summed E-state index contributed by atoms with van der Waals surface area (Å²) in [5.41, 5.74) is 1.69. The second kappa shape index (κ2) is 5.10. The highest BCUT2D eigenvalue weighted by molar-refractivity contribution is 9.10. The first-order valence-electron chi connectivity index (χ1n) is 6.12. The van der Waals surface area contributed by atoms with Gasteiger partial charge in [0.15, 0.2) is 0 Å². The van der Waals surface area contributed by atoms with Crippen LogP contribution in [0.4, 0.5) is 0 Å². The summed E-state index contributed by atoms with van der Waals surface area (Å²) in [6.07, 6.45) is 1.59. The van der Waals surface area contributed by atoms with Gasteiger partial charge >= 0.3 is 0 Å². The predicted octanol–water partition coefficient (Wildman–Crippen LogP) is 3.28. The van der Waals surface area contributed by atoms with E-state index >= 15 is 0 Å². The van der Waals surface area contributed by atoms with Gasteiger partial charge in [-0.15, -0.1) is 11.3 Å². The lowest BCUT2D eigenvalue weighted by molar-refractivity contribution is 0.741. The zero-order valence-electron chi connectivity index (χ0n) is 11.1. The van der Waals surface area contributed by atoms with E-state index in [-0.39, 0.29) is 5.56 Å². The summed E-state index contributed by atoms with van der Waals surface area (Å²) in [6, 6.07) is 5.50. The van der Waals surface area contributed by atoms with Crippen molar-refractivity contribution in [2.75, 3.05) is 0 Å². The third-order valence-corrected chi connectivity index (χ3v) is 4.72. The minimum Gasteiger partial charge on any atom is -0.292 e. The maximum atomic E-state index is 12.4. The molecule has 2 heterocycles. The third-order valence-electron chi connectivity index (χ3n) is 3.17. The fourth-order valence-electron chi connectivity index (χ4n) is 2.00. The van der Waals surface area contributed by atoms with Gasteiger partial charge in [-0.05, 0) is 32.0 Å². The van der Waals surface area contributed by atoms with Crippen LogP contribution < -0.4 is 5.56 Å². The highest BCUT2D eigenvalue weighted by Crippen LogP contribution is 2.18. The molecule has 6 heteroatoms. The minimum atomic E-state index is -0.0343. The molecule has 0 saturated heterocycles. The van der Waals surface area contributed by atoms with Gasteiger partial charge in [-0.1, -0.05) is 15.9 Å². The number of hydrogen-bond donors (Lipinski definition) is 0. The summed E-state index contributed by atoms with van der Waals surface area (Å²) in [5.74, 6) is 0. The number of rotatable bonds is 2. The summed E-state index contributed by atoms with van der Waals surface area (Å²) in [5, 5.41) is 1.56. The van der Waals surface area contributed by atoms with E-state index in [9.17, 15) is 4.79 Å². The van der Waals surface area contributed by atoms with Gasteiger partial charge in [0.2, 0.25) is 0 Å². The van der Waals surface area contributed by atoms with E-state index in [4.69, 9.17) is 0 Å². The molecule has 0 bridgehead atoms. The van der Waals surface area contributed by atoms with Gasteiger partial charge < -0.3 is 0 Å². The number of halogens is 1. The van der Waals surface area contributed by atoms with E-state index in [1.807, 2.05) is 26.0 Å². The molecule has 0 aliphatic heterocycles. The molecular formula is C14H12BrN3OS. The highest BCUT2D eigenvalue weighted by Gasteiger charge is 2.08. The molecule has 0 N–H and O–H groups in total. The van der Waals surface area contributed by atoms with Gasteiger partial charge in [-0.25, -0.2) is 9.97 Å². The van der Waals surface area contributed by atoms with Gasteiger partial charge in [0.1, 0.15) is 5.01 Å². The lowest BCUT2D eigenvalue weighted by Gasteiger charge is -2.04. The fraction of sp³-hybridized carbons (Fsp3) is 0.214. The first kappa shape index (κ1) is 13.5. The van der Waals surface area contributed by atoms with Gasteiger partial charge in [-0.2, -0.15) is 0 Å². The summed E-state index contributed by atoms with van der Waals surface area (Å²) in [6.45, 7) is 4.49. The minimum absolute atomic E-state index is 0.0343. The van der Waals surface area contributed by atoms with Gasteiger partial charge in [0.25, 0.3) is 5.56 Å². The molecule has 0 saturated carbocycles. The molecule has 3 rings (SSSR count). The number of aromatic nitrogens is 3. The van der Waals surface area contributed by atoms with Crippen LogP contribution in [0.5, 0.6) is 0 Å². The molecule has 0 spiro atoms. The maximum absolute atomic E-state index is 12.4. The monoisotopic (exact) mass is 349 g/mol. The molecule has 20 heavy (non-hydrogen) atoms. The molecule has 4 nitrogen and oxygen atoms in total. The Labute approximate surface area is 128 Å². The zero-order valence-corrected chi connectivity index (χ0v) is 13.5. The van der Waals surface area contributed by atoms with Crippen LogP contribution in [0.2, 0.25) is 0 Å². The maximum Gasteiger partial charge on any atom is 0.261 e. The number of thiazole rings is 1. The molecule has 0 atom stereocenters. The Morgan fingerprint density at radius 1 is 1.35 bits per heavy atom. The van der Waals surface area contributed by atoms with Crippen LogP contribution in [0.15, 0.2) is 33.8 Å². The fourth-order valence-corrected chi connectivity index (χ4v) is 3.28. The number of benzene rings is 1. The van der Waals surface area contributed by atoms with Crippen molar-refractivity contribution in [3.05, 3.63) is 54.9 Å². The van der Waals surface area contributed by atoms with Crippen LogP contribution in [0.1, 0.15) is 15.6 Å². The Bertz CT molecular complexity index is 834. The lowest BCUT2D eigenvalue weighted by Crippen LogP contribution is -2.21. The summed E-state index contributed by atoms with van der Waals surface area (Å²) < 4.78 is 2.52. The van der Waals surface area contributed by atoms with Crippen molar-refractivity contribution in [3.63, 3.8) is 0 Å². The Kier molecular flexibility index (Phi) is 3.43. The van der Waals surface area contributed by atoms with Crippen LogP contribution in [-0.4, -0.2) is 14.5 Å². The van der Waals surface area contributed by atoms with E-state index in [0.717, 1.165) is 15.2 Å².